The molecule has 6 heteroatoms. The predicted molar refractivity (Wildman–Crippen MR) is 104 cm³/mol. The maximum Gasteiger partial charge on any atom is 0.250 e. The molecule has 1 atom stereocenters. The topological polar surface area (TPSA) is 67.4 Å². The molecule has 0 saturated carbocycles. The molecule has 0 aliphatic heterocycles. The molecule has 2 amide bonds. The molecule has 0 radical (unpaired) electrons. The second-order valence-electron chi connectivity index (χ2n) is 6.26. The molecule has 0 saturated heterocycles. The molecule has 26 heavy (non-hydrogen) atoms. The molecule has 1 aliphatic carbocycles. The van der Waals surface area contributed by atoms with Crippen molar-refractivity contribution in [1.29, 1.82) is 0 Å². The average Bonchev–Trinajstić information content (AvgIpc) is 2.62. The number of hydrogen-bond donors (Lipinski definition) is 2. The van der Waals surface area contributed by atoms with E-state index in [0.29, 0.717) is 5.69 Å². The van der Waals surface area contributed by atoms with Crippen molar-refractivity contribution in [3.05, 3.63) is 64.1 Å². The molecule has 0 fully saturated rings. The van der Waals surface area contributed by atoms with E-state index >= 15 is 0 Å². The molecule has 2 aromatic rings. The van der Waals surface area contributed by atoms with Crippen molar-refractivity contribution in [3.63, 3.8) is 0 Å². The van der Waals surface area contributed by atoms with Crippen molar-refractivity contribution < 1.29 is 14.3 Å². The van der Waals surface area contributed by atoms with E-state index < -0.39 is 0 Å². The van der Waals surface area contributed by atoms with Gasteiger partial charge in [0, 0.05) is 10.2 Å². The number of amides is 2. The second kappa shape index (κ2) is 8.96. The van der Waals surface area contributed by atoms with Crippen molar-refractivity contribution in [2.45, 2.75) is 25.3 Å². The van der Waals surface area contributed by atoms with E-state index in [1.807, 2.05) is 24.3 Å². The Morgan fingerprint density at radius 3 is 2.73 bits per heavy atom. The lowest BCUT2D eigenvalue weighted by molar-refractivity contribution is -0.129. The van der Waals surface area contributed by atoms with Crippen LogP contribution in [0.25, 0.3) is 0 Å². The number of benzene rings is 2. The molecule has 2 aromatic carbocycles. The van der Waals surface area contributed by atoms with Crippen LogP contribution in [0.1, 0.15) is 30.0 Å². The monoisotopic (exact) mass is 416 g/mol. The summed E-state index contributed by atoms with van der Waals surface area (Å²) in [5.74, 6) is -0.499. The second-order valence-corrected chi connectivity index (χ2v) is 7.18. The van der Waals surface area contributed by atoms with Crippen molar-refractivity contribution in [3.8, 4) is 0 Å². The van der Waals surface area contributed by atoms with Crippen LogP contribution in [0.3, 0.4) is 0 Å². The van der Waals surface area contributed by atoms with Crippen LogP contribution >= 0.6 is 15.9 Å². The summed E-state index contributed by atoms with van der Waals surface area (Å²) in [4.78, 5) is 24.0. The summed E-state index contributed by atoms with van der Waals surface area (Å²) in [5, 5.41) is 5.73. The Morgan fingerprint density at radius 1 is 1.08 bits per heavy atom. The largest absolute Gasteiger partial charge is 0.362 e. The van der Waals surface area contributed by atoms with Gasteiger partial charge in [-0.05, 0) is 48.6 Å². The first-order chi connectivity index (χ1) is 12.6. The smallest absolute Gasteiger partial charge is 0.250 e. The number of aryl methyl sites for hydroxylation is 1. The van der Waals surface area contributed by atoms with E-state index in [4.69, 9.17) is 4.74 Å². The third kappa shape index (κ3) is 5.16. The Balaban J connectivity index is 1.43. The standard InChI is InChI=1S/C20H21BrN2O3/c21-15-7-4-8-16(11-15)22-19(24)12-26-13-20(25)23-18-10-3-6-14-5-1-2-9-17(14)18/h1-2,4-5,7-9,11,18H,3,6,10,12-13H2,(H,22,24)(H,23,25). The third-order valence-electron chi connectivity index (χ3n) is 4.28. The molecule has 1 unspecified atom stereocenters. The van der Waals surface area contributed by atoms with Crippen molar-refractivity contribution >= 4 is 33.4 Å². The molecular weight excluding hydrogens is 396 g/mol. The number of halogens is 1. The number of anilines is 1. The zero-order valence-corrected chi connectivity index (χ0v) is 15.9. The number of fused-ring (bicyclic) bond motifs is 1. The first-order valence-corrected chi connectivity index (χ1v) is 9.41. The minimum absolute atomic E-state index is 0.0199. The highest BCUT2D eigenvalue weighted by molar-refractivity contribution is 9.10. The van der Waals surface area contributed by atoms with Gasteiger partial charge in [-0.2, -0.15) is 0 Å². The lowest BCUT2D eigenvalue weighted by atomic mass is 9.88. The van der Waals surface area contributed by atoms with E-state index in [0.717, 1.165) is 23.7 Å². The van der Waals surface area contributed by atoms with Crippen LogP contribution in [0.2, 0.25) is 0 Å². The van der Waals surface area contributed by atoms with Crippen LogP contribution in [-0.4, -0.2) is 25.0 Å². The highest BCUT2D eigenvalue weighted by Crippen LogP contribution is 2.29. The SMILES string of the molecule is O=C(COCC(=O)NC1CCCc2ccccc21)Nc1cccc(Br)c1. The van der Waals surface area contributed by atoms with Gasteiger partial charge in [0.2, 0.25) is 11.8 Å². The summed E-state index contributed by atoms with van der Waals surface area (Å²) in [7, 11) is 0. The predicted octanol–water partition coefficient (Wildman–Crippen LogP) is 3.60. The molecular formula is C20H21BrN2O3. The Hall–Kier alpha value is -2.18. The molecule has 0 heterocycles. The summed E-state index contributed by atoms with van der Waals surface area (Å²) in [5.41, 5.74) is 3.15. The quantitative estimate of drug-likeness (QED) is 0.755. The Labute approximate surface area is 161 Å². The normalized spacial score (nSPS) is 15.8. The van der Waals surface area contributed by atoms with Crippen molar-refractivity contribution in [1.82, 2.24) is 5.32 Å². The Kier molecular flexibility index (Phi) is 6.41. The van der Waals surface area contributed by atoms with Gasteiger partial charge < -0.3 is 15.4 Å². The summed E-state index contributed by atoms with van der Waals surface area (Å²) in [6, 6.07) is 15.5. The Morgan fingerprint density at radius 2 is 1.88 bits per heavy atom. The molecule has 0 spiro atoms. The number of nitrogens with one attached hydrogen (secondary N) is 2. The molecule has 3 rings (SSSR count). The van der Waals surface area contributed by atoms with E-state index in [-0.39, 0.29) is 31.1 Å². The van der Waals surface area contributed by atoms with Gasteiger partial charge in [0.15, 0.2) is 0 Å². The third-order valence-corrected chi connectivity index (χ3v) is 4.77. The van der Waals surface area contributed by atoms with Crippen molar-refractivity contribution in [2.24, 2.45) is 0 Å². The maximum atomic E-state index is 12.1. The fourth-order valence-corrected chi connectivity index (χ4v) is 3.54. The van der Waals surface area contributed by atoms with Gasteiger partial charge in [0.1, 0.15) is 13.2 Å². The van der Waals surface area contributed by atoms with E-state index in [2.05, 4.69) is 38.7 Å². The highest BCUT2D eigenvalue weighted by Gasteiger charge is 2.21. The zero-order valence-electron chi connectivity index (χ0n) is 14.3. The van der Waals surface area contributed by atoms with Gasteiger partial charge in [-0.3, -0.25) is 9.59 Å². The first kappa shape index (κ1) is 18.6. The summed E-state index contributed by atoms with van der Waals surface area (Å²) in [6.07, 6.45) is 3.03. The van der Waals surface area contributed by atoms with Gasteiger partial charge in [-0.25, -0.2) is 0 Å². The zero-order chi connectivity index (χ0) is 18.4. The molecule has 1 aliphatic rings. The van der Waals surface area contributed by atoms with Crippen LogP contribution in [-0.2, 0) is 20.7 Å². The van der Waals surface area contributed by atoms with Gasteiger partial charge in [-0.1, -0.05) is 46.3 Å². The average molecular weight is 417 g/mol. The summed E-state index contributed by atoms with van der Waals surface area (Å²) >= 11 is 3.35. The van der Waals surface area contributed by atoms with E-state index in [1.165, 1.54) is 11.1 Å². The van der Waals surface area contributed by atoms with Crippen molar-refractivity contribution in [2.75, 3.05) is 18.5 Å². The lowest BCUT2D eigenvalue weighted by Gasteiger charge is -2.26. The number of carbonyl (C=O) groups is 2. The molecule has 0 aromatic heterocycles. The van der Waals surface area contributed by atoms with Gasteiger partial charge in [0.25, 0.3) is 0 Å². The van der Waals surface area contributed by atoms with Crippen LogP contribution in [0.15, 0.2) is 53.0 Å². The molecule has 5 nitrogen and oxygen atoms in total. The first-order valence-electron chi connectivity index (χ1n) is 8.62. The fourth-order valence-electron chi connectivity index (χ4n) is 3.14. The van der Waals surface area contributed by atoms with Gasteiger partial charge in [0.05, 0.1) is 6.04 Å². The highest BCUT2D eigenvalue weighted by atomic mass is 79.9. The number of carbonyl (C=O) groups excluding carboxylic acids is 2. The number of hydrogen-bond acceptors (Lipinski definition) is 3. The van der Waals surface area contributed by atoms with E-state index in [1.54, 1.807) is 12.1 Å². The molecule has 2 N–H and O–H groups in total. The van der Waals surface area contributed by atoms with Crippen LogP contribution in [0.4, 0.5) is 5.69 Å². The van der Waals surface area contributed by atoms with Gasteiger partial charge in [-0.15, -0.1) is 0 Å². The Bertz CT molecular complexity index is 794. The number of rotatable bonds is 6. The lowest BCUT2D eigenvalue weighted by Crippen LogP contribution is -2.34. The maximum absolute atomic E-state index is 12.1. The minimum Gasteiger partial charge on any atom is -0.362 e. The molecule has 136 valence electrons. The van der Waals surface area contributed by atoms with E-state index in [9.17, 15) is 9.59 Å². The van der Waals surface area contributed by atoms with Crippen LogP contribution in [0.5, 0.6) is 0 Å². The number of ether oxygens (including phenoxy) is 1. The van der Waals surface area contributed by atoms with Gasteiger partial charge >= 0.3 is 0 Å². The molecule has 0 bridgehead atoms. The van der Waals surface area contributed by atoms with Crippen LogP contribution < -0.4 is 10.6 Å². The minimum atomic E-state index is -0.293. The fraction of sp³-hybridized carbons (Fsp3) is 0.300. The van der Waals surface area contributed by atoms with Crippen LogP contribution in [0, 0.1) is 0 Å². The summed E-state index contributed by atoms with van der Waals surface area (Å²) < 4.78 is 6.13. The summed E-state index contributed by atoms with van der Waals surface area (Å²) in [6.45, 7) is -0.300.